The summed E-state index contributed by atoms with van der Waals surface area (Å²) in [4.78, 5) is 30.3. The average molecular weight is 306 g/mol. The second-order valence-electron chi connectivity index (χ2n) is 5.47. The Morgan fingerprint density at radius 1 is 1.22 bits per heavy atom. The predicted octanol–water partition coefficient (Wildman–Crippen LogP) is 1.92. The van der Waals surface area contributed by atoms with Crippen LogP contribution in [0.2, 0.25) is 0 Å². The van der Waals surface area contributed by atoms with E-state index in [4.69, 9.17) is 5.26 Å². The molecule has 1 atom stereocenters. The topological polar surface area (TPSA) is 86.1 Å². The number of nitriles is 1. The van der Waals surface area contributed by atoms with Crippen LogP contribution in [0.25, 0.3) is 0 Å². The van der Waals surface area contributed by atoms with Crippen LogP contribution in [0.5, 0.6) is 0 Å². The number of amides is 3. The number of nitrogens with zero attached hydrogens (tertiary/aromatic N) is 3. The van der Waals surface area contributed by atoms with E-state index in [1.807, 2.05) is 6.07 Å². The molecule has 114 valence electrons. The molecule has 0 unspecified atom stereocenters. The van der Waals surface area contributed by atoms with Crippen molar-refractivity contribution in [2.75, 3.05) is 0 Å². The van der Waals surface area contributed by atoms with Crippen LogP contribution in [0, 0.1) is 11.3 Å². The highest BCUT2D eigenvalue weighted by Crippen LogP contribution is 2.28. The molecule has 0 bridgehead atoms. The quantitative estimate of drug-likeness (QED) is 0.878. The molecule has 3 rings (SSSR count). The number of hydrogen-bond donors (Lipinski definition) is 1. The van der Waals surface area contributed by atoms with Crippen molar-refractivity contribution in [1.29, 1.82) is 5.26 Å². The van der Waals surface area contributed by atoms with Gasteiger partial charge in [-0.2, -0.15) is 5.26 Å². The first-order chi connectivity index (χ1) is 11.0. The molecular formula is C17H14N4O2. The molecule has 1 aliphatic heterocycles. The predicted molar refractivity (Wildman–Crippen MR) is 81.8 cm³/mol. The molecule has 1 aromatic carbocycles. The summed E-state index contributed by atoms with van der Waals surface area (Å²) in [6.07, 6.45) is 1.59. The van der Waals surface area contributed by atoms with Crippen LogP contribution in [0.4, 0.5) is 4.79 Å². The Hall–Kier alpha value is -3.20. The van der Waals surface area contributed by atoms with Gasteiger partial charge in [-0.3, -0.25) is 14.7 Å². The number of pyridine rings is 1. The van der Waals surface area contributed by atoms with Gasteiger partial charge < -0.3 is 5.32 Å². The molecule has 2 heterocycles. The largest absolute Gasteiger partial charge is 0.325 e. The van der Waals surface area contributed by atoms with Gasteiger partial charge in [0.15, 0.2) is 5.54 Å². The minimum Gasteiger partial charge on any atom is -0.318 e. The van der Waals surface area contributed by atoms with E-state index >= 15 is 0 Å². The molecule has 0 aliphatic carbocycles. The summed E-state index contributed by atoms with van der Waals surface area (Å²) >= 11 is 0. The fourth-order valence-electron chi connectivity index (χ4n) is 2.54. The number of aromatic nitrogens is 1. The van der Waals surface area contributed by atoms with E-state index in [-0.39, 0.29) is 12.5 Å². The Labute approximate surface area is 133 Å². The van der Waals surface area contributed by atoms with Gasteiger partial charge in [-0.1, -0.05) is 18.2 Å². The molecule has 6 nitrogen and oxygen atoms in total. The third kappa shape index (κ3) is 2.53. The first-order valence-electron chi connectivity index (χ1n) is 7.09. The number of rotatable bonds is 3. The first-order valence-corrected chi connectivity index (χ1v) is 7.09. The van der Waals surface area contributed by atoms with Crippen molar-refractivity contribution in [1.82, 2.24) is 15.2 Å². The lowest BCUT2D eigenvalue weighted by Gasteiger charge is -2.20. The number of benzene rings is 1. The van der Waals surface area contributed by atoms with Crippen molar-refractivity contribution < 1.29 is 9.59 Å². The number of hydrogen-bond acceptors (Lipinski definition) is 4. The standard InChI is InChI=1S/C17H14N4O2/c1-17(14-4-2-3-9-19-14)15(22)21(16(23)20-17)11-13-7-5-12(10-18)6-8-13/h2-9H,11H2,1H3,(H,20,23)/t17-/m1/s1. The van der Waals surface area contributed by atoms with E-state index in [2.05, 4.69) is 10.3 Å². The van der Waals surface area contributed by atoms with E-state index in [9.17, 15) is 9.59 Å². The third-order valence-electron chi connectivity index (χ3n) is 3.88. The number of nitrogens with one attached hydrogen (secondary N) is 1. The molecule has 1 fully saturated rings. The van der Waals surface area contributed by atoms with Crippen LogP contribution in [0.3, 0.4) is 0 Å². The number of carbonyl (C=O) groups is 2. The summed E-state index contributed by atoms with van der Waals surface area (Å²) in [6, 6.07) is 13.6. The van der Waals surface area contributed by atoms with Crippen molar-refractivity contribution in [3.63, 3.8) is 0 Å². The van der Waals surface area contributed by atoms with Crippen molar-refractivity contribution >= 4 is 11.9 Å². The van der Waals surface area contributed by atoms with Gasteiger partial charge in [0, 0.05) is 6.20 Å². The van der Waals surface area contributed by atoms with Gasteiger partial charge in [0.05, 0.1) is 23.9 Å². The molecule has 1 aliphatic rings. The number of imide groups is 1. The van der Waals surface area contributed by atoms with E-state index in [0.29, 0.717) is 11.3 Å². The summed E-state index contributed by atoms with van der Waals surface area (Å²) in [5.41, 5.74) is 0.646. The van der Waals surface area contributed by atoms with Gasteiger partial charge >= 0.3 is 6.03 Å². The highest BCUT2D eigenvalue weighted by molar-refractivity contribution is 6.06. The summed E-state index contributed by atoms with van der Waals surface area (Å²) in [5.74, 6) is -0.342. The molecule has 23 heavy (non-hydrogen) atoms. The van der Waals surface area contributed by atoms with Crippen molar-refractivity contribution in [2.45, 2.75) is 19.0 Å². The molecule has 0 spiro atoms. The Morgan fingerprint density at radius 3 is 2.57 bits per heavy atom. The Balaban J connectivity index is 1.85. The lowest BCUT2D eigenvalue weighted by atomic mass is 9.97. The van der Waals surface area contributed by atoms with Crippen LogP contribution in [0.1, 0.15) is 23.7 Å². The average Bonchev–Trinajstić information content (AvgIpc) is 2.81. The molecule has 0 saturated carbocycles. The molecule has 1 saturated heterocycles. The minimum atomic E-state index is -1.16. The Bertz CT molecular complexity index is 796. The highest BCUT2D eigenvalue weighted by atomic mass is 16.2. The SMILES string of the molecule is C[C@]1(c2ccccn2)NC(=O)N(Cc2ccc(C#N)cc2)C1=O. The zero-order valence-corrected chi connectivity index (χ0v) is 12.5. The fourth-order valence-corrected chi connectivity index (χ4v) is 2.54. The zero-order valence-electron chi connectivity index (χ0n) is 12.5. The number of urea groups is 1. The van der Waals surface area contributed by atoms with E-state index < -0.39 is 11.6 Å². The van der Waals surface area contributed by atoms with E-state index in [1.54, 1.807) is 55.6 Å². The molecule has 2 aromatic rings. The van der Waals surface area contributed by atoms with Crippen LogP contribution in [-0.2, 0) is 16.9 Å². The molecular weight excluding hydrogens is 292 g/mol. The second-order valence-corrected chi connectivity index (χ2v) is 5.47. The smallest absolute Gasteiger partial charge is 0.318 e. The van der Waals surface area contributed by atoms with Crippen molar-refractivity contribution in [2.24, 2.45) is 0 Å². The summed E-state index contributed by atoms with van der Waals surface area (Å²) in [5, 5.41) is 11.5. The van der Waals surface area contributed by atoms with E-state index in [1.165, 1.54) is 0 Å². The molecule has 1 N–H and O–H groups in total. The molecule has 1 aromatic heterocycles. The summed E-state index contributed by atoms with van der Waals surface area (Å²) in [6.45, 7) is 1.80. The van der Waals surface area contributed by atoms with E-state index in [0.717, 1.165) is 10.5 Å². The fraction of sp³-hybridized carbons (Fsp3) is 0.176. The van der Waals surface area contributed by atoms with Gasteiger partial charge in [0.1, 0.15) is 0 Å². The maximum absolute atomic E-state index is 12.7. The van der Waals surface area contributed by atoms with Crippen LogP contribution in [0.15, 0.2) is 48.7 Å². The van der Waals surface area contributed by atoms with Gasteiger partial charge in [-0.25, -0.2) is 4.79 Å². The van der Waals surface area contributed by atoms with Gasteiger partial charge in [-0.05, 0) is 36.8 Å². The normalized spacial score (nSPS) is 20.3. The van der Waals surface area contributed by atoms with Gasteiger partial charge in [-0.15, -0.1) is 0 Å². The lowest BCUT2D eigenvalue weighted by molar-refractivity contribution is -0.131. The molecule has 3 amide bonds. The highest BCUT2D eigenvalue weighted by Gasteiger charge is 2.49. The van der Waals surface area contributed by atoms with Crippen molar-refractivity contribution in [3.05, 3.63) is 65.5 Å². The van der Waals surface area contributed by atoms with Crippen LogP contribution < -0.4 is 5.32 Å². The second kappa shape index (κ2) is 5.54. The van der Waals surface area contributed by atoms with Crippen molar-refractivity contribution in [3.8, 4) is 6.07 Å². The minimum absolute atomic E-state index is 0.152. The summed E-state index contributed by atoms with van der Waals surface area (Å²) in [7, 11) is 0. The monoisotopic (exact) mass is 306 g/mol. The van der Waals surface area contributed by atoms with Crippen LogP contribution >= 0.6 is 0 Å². The van der Waals surface area contributed by atoms with Crippen LogP contribution in [-0.4, -0.2) is 21.8 Å². The van der Waals surface area contributed by atoms with Gasteiger partial charge in [0.2, 0.25) is 0 Å². The third-order valence-corrected chi connectivity index (χ3v) is 3.88. The maximum Gasteiger partial charge on any atom is 0.325 e. The maximum atomic E-state index is 12.7. The Kier molecular flexibility index (Phi) is 3.54. The molecule has 0 radical (unpaired) electrons. The Morgan fingerprint density at radius 2 is 1.96 bits per heavy atom. The summed E-state index contributed by atoms with van der Waals surface area (Å²) < 4.78 is 0. The first kappa shape index (κ1) is 14.7. The zero-order chi connectivity index (χ0) is 16.4. The number of carbonyl (C=O) groups excluding carboxylic acids is 2. The lowest BCUT2D eigenvalue weighted by Crippen LogP contribution is -2.41. The van der Waals surface area contributed by atoms with Gasteiger partial charge in [0.25, 0.3) is 5.91 Å². The molecule has 6 heteroatoms.